The zero-order chi connectivity index (χ0) is 13.2. The summed E-state index contributed by atoms with van der Waals surface area (Å²) < 4.78 is 5.75. The Morgan fingerprint density at radius 1 is 1.21 bits per heavy atom. The first kappa shape index (κ1) is 12.5. The molecule has 1 aliphatic heterocycles. The van der Waals surface area contributed by atoms with E-state index >= 15 is 0 Å². The van der Waals surface area contributed by atoms with Crippen molar-refractivity contribution in [2.75, 3.05) is 13.7 Å². The minimum atomic E-state index is 0.766. The van der Waals surface area contributed by atoms with Crippen molar-refractivity contribution < 1.29 is 4.74 Å². The first-order valence-corrected chi connectivity index (χ1v) is 6.85. The van der Waals surface area contributed by atoms with E-state index in [0.717, 1.165) is 41.5 Å². The lowest BCUT2D eigenvalue weighted by Crippen LogP contribution is -2.04. The Morgan fingerprint density at radius 3 is 2.89 bits per heavy atom. The summed E-state index contributed by atoms with van der Waals surface area (Å²) in [5.41, 5.74) is 4.59. The van der Waals surface area contributed by atoms with Crippen LogP contribution in [0.4, 0.5) is 0 Å². The number of nitrogens with one attached hydrogen (secondary N) is 1. The first-order valence-electron chi connectivity index (χ1n) is 6.47. The van der Waals surface area contributed by atoms with Crippen molar-refractivity contribution in [2.45, 2.75) is 13.0 Å². The van der Waals surface area contributed by atoms with Gasteiger partial charge in [0.05, 0.1) is 6.61 Å². The maximum absolute atomic E-state index is 6.42. The van der Waals surface area contributed by atoms with Crippen LogP contribution in [0.5, 0.6) is 5.75 Å². The van der Waals surface area contributed by atoms with Gasteiger partial charge in [0.1, 0.15) is 5.75 Å². The minimum Gasteiger partial charge on any atom is -0.492 e. The molecule has 0 saturated heterocycles. The standard InChI is InChI=1S/C16H16ClNO/c1-18-10-11-5-6-13(15(17)9-11)14-4-2-3-12-7-8-19-16(12)14/h2-6,9,18H,7-8,10H2,1H3. The predicted molar refractivity (Wildman–Crippen MR) is 78.9 cm³/mol. The Balaban J connectivity index is 2.05. The smallest absolute Gasteiger partial charge is 0.130 e. The number of halogens is 1. The molecule has 2 aromatic carbocycles. The molecule has 0 aliphatic carbocycles. The van der Waals surface area contributed by atoms with Gasteiger partial charge >= 0.3 is 0 Å². The van der Waals surface area contributed by atoms with E-state index in [2.05, 4.69) is 35.6 Å². The highest BCUT2D eigenvalue weighted by molar-refractivity contribution is 6.33. The van der Waals surface area contributed by atoms with Crippen molar-refractivity contribution in [3.63, 3.8) is 0 Å². The van der Waals surface area contributed by atoms with Crippen LogP contribution >= 0.6 is 11.6 Å². The number of fused-ring (bicyclic) bond motifs is 1. The second-order valence-corrected chi connectivity index (χ2v) is 5.14. The molecule has 0 bridgehead atoms. The molecule has 1 N–H and O–H groups in total. The van der Waals surface area contributed by atoms with Gasteiger partial charge in [-0.05, 0) is 24.2 Å². The average molecular weight is 274 g/mol. The van der Waals surface area contributed by atoms with Gasteiger partial charge in [-0.1, -0.05) is 41.9 Å². The summed E-state index contributed by atoms with van der Waals surface area (Å²) in [6.07, 6.45) is 0.985. The normalized spacial score (nSPS) is 13.2. The molecule has 0 radical (unpaired) electrons. The van der Waals surface area contributed by atoms with Gasteiger partial charge in [-0.2, -0.15) is 0 Å². The van der Waals surface area contributed by atoms with Crippen molar-refractivity contribution in [2.24, 2.45) is 0 Å². The molecule has 98 valence electrons. The lowest BCUT2D eigenvalue weighted by molar-refractivity contribution is 0.358. The number of hydrogen-bond acceptors (Lipinski definition) is 2. The van der Waals surface area contributed by atoms with E-state index in [9.17, 15) is 0 Å². The fourth-order valence-corrected chi connectivity index (χ4v) is 2.82. The zero-order valence-corrected chi connectivity index (χ0v) is 11.6. The summed E-state index contributed by atoms with van der Waals surface area (Å²) in [7, 11) is 1.93. The molecule has 0 spiro atoms. The third-order valence-corrected chi connectivity index (χ3v) is 3.73. The van der Waals surface area contributed by atoms with Crippen LogP contribution < -0.4 is 10.1 Å². The molecule has 2 aromatic rings. The van der Waals surface area contributed by atoms with Gasteiger partial charge in [0.25, 0.3) is 0 Å². The van der Waals surface area contributed by atoms with Crippen molar-refractivity contribution in [1.29, 1.82) is 0 Å². The van der Waals surface area contributed by atoms with Gasteiger partial charge in [0, 0.05) is 29.1 Å². The Bertz CT molecular complexity index is 610. The summed E-state index contributed by atoms with van der Waals surface area (Å²) in [6, 6.07) is 12.5. The molecule has 0 amide bonds. The van der Waals surface area contributed by atoms with Gasteiger partial charge in [-0.3, -0.25) is 0 Å². The molecule has 0 fully saturated rings. The van der Waals surface area contributed by atoms with Crippen LogP contribution in [0.25, 0.3) is 11.1 Å². The van der Waals surface area contributed by atoms with Crippen molar-refractivity contribution >= 4 is 11.6 Å². The topological polar surface area (TPSA) is 21.3 Å². The molecule has 0 unspecified atom stereocenters. The average Bonchev–Trinajstić information content (AvgIpc) is 2.88. The van der Waals surface area contributed by atoms with Crippen LogP contribution in [0.2, 0.25) is 5.02 Å². The van der Waals surface area contributed by atoms with Gasteiger partial charge in [-0.15, -0.1) is 0 Å². The Hall–Kier alpha value is -1.51. The Labute approximate surface area is 118 Å². The van der Waals surface area contributed by atoms with Crippen molar-refractivity contribution in [3.05, 3.63) is 52.5 Å². The second-order valence-electron chi connectivity index (χ2n) is 4.74. The maximum atomic E-state index is 6.42. The quantitative estimate of drug-likeness (QED) is 0.921. The molecule has 2 nitrogen and oxygen atoms in total. The van der Waals surface area contributed by atoms with Crippen LogP contribution in [0, 0.1) is 0 Å². The fourth-order valence-electron chi connectivity index (χ4n) is 2.52. The molecule has 3 heteroatoms. The van der Waals surface area contributed by atoms with E-state index in [1.807, 2.05) is 13.1 Å². The third kappa shape index (κ3) is 2.34. The molecule has 1 heterocycles. The van der Waals surface area contributed by atoms with E-state index in [1.165, 1.54) is 11.1 Å². The number of rotatable bonds is 3. The Kier molecular flexibility index (Phi) is 3.45. The van der Waals surface area contributed by atoms with Gasteiger partial charge in [-0.25, -0.2) is 0 Å². The van der Waals surface area contributed by atoms with E-state index in [1.54, 1.807) is 0 Å². The highest BCUT2D eigenvalue weighted by atomic mass is 35.5. The van der Waals surface area contributed by atoms with Crippen LogP contribution in [-0.4, -0.2) is 13.7 Å². The maximum Gasteiger partial charge on any atom is 0.130 e. The fraction of sp³-hybridized carbons (Fsp3) is 0.250. The minimum absolute atomic E-state index is 0.766. The molecule has 3 rings (SSSR count). The predicted octanol–water partition coefficient (Wildman–Crippen LogP) is 3.66. The van der Waals surface area contributed by atoms with Crippen molar-refractivity contribution in [3.8, 4) is 16.9 Å². The van der Waals surface area contributed by atoms with Crippen molar-refractivity contribution in [1.82, 2.24) is 5.32 Å². The van der Waals surface area contributed by atoms with Gasteiger partial charge in [0.2, 0.25) is 0 Å². The van der Waals surface area contributed by atoms with Crippen LogP contribution in [-0.2, 0) is 13.0 Å². The largest absolute Gasteiger partial charge is 0.492 e. The SMILES string of the molecule is CNCc1ccc(-c2cccc3c2OCC3)c(Cl)c1. The summed E-state index contributed by atoms with van der Waals surface area (Å²) in [5, 5.41) is 3.90. The summed E-state index contributed by atoms with van der Waals surface area (Å²) in [6.45, 7) is 1.59. The summed E-state index contributed by atoms with van der Waals surface area (Å²) in [4.78, 5) is 0. The zero-order valence-electron chi connectivity index (χ0n) is 10.9. The number of benzene rings is 2. The highest BCUT2D eigenvalue weighted by Gasteiger charge is 2.18. The van der Waals surface area contributed by atoms with Crippen LogP contribution in [0.1, 0.15) is 11.1 Å². The van der Waals surface area contributed by atoms with E-state index in [-0.39, 0.29) is 0 Å². The summed E-state index contributed by atoms with van der Waals surface area (Å²) in [5.74, 6) is 0.991. The second kappa shape index (κ2) is 5.24. The van der Waals surface area contributed by atoms with E-state index < -0.39 is 0 Å². The number of hydrogen-bond donors (Lipinski definition) is 1. The molecule has 19 heavy (non-hydrogen) atoms. The molecule has 0 aromatic heterocycles. The molecule has 0 saturated carbocycles. The van der Waals surface area contributed by atoms with Crippen LogP contribution in [0.3, 0.4) is 0 Å². The monoisotopic (exact) mass is 273 g/mol. The van der Waals surface area contributed by atoms with Crippen LogP contribution in [0.15, 0.2) is 36.4 Å². The molecule has 1 aliphatic rings. The molecular weight excluding hydrogens is 258 g/mol. The first-order chi connectivity index (χ1) is 9.29. The third-order valence-electron chi connectivity index (χ3n) is 3.42. The number of para-hydroxylation sites is 1. The van der Waals surface area contributed by atoms with E-state index in [0.29, 0.717) is 0 Å². The molecule has 0 atom stereocenters. The lowest BCUT2D eigenvalue weighted by atomic mass is 10.00. The molecular formula is C16H16ClNO. The number of ether oxygens (including phenoxy) is 1. The van der Waals surface area contributed by atoms with Gasteiger partial charge in [0.15, 0.2) is 0 Å². The Morgan fingerprint density at radius 2 is 2.11 bits per heavy atom. The van der Waals surface area contributed by atoms with E-state index in [4.69, 9.17) is 16.3 Å². The summed E-state index contributed by atoms with van der Waals surface area (Å²) >= 11 is 6.42. The highest BCUT2D eigenvalue weighted by Crippen LogP contribution is 2.39. The van der Waals surface area contributed by atoms with Gasteiger partial charge < -0.3 is 10.1 Å². The lowest BCUT2D eigenvalue weighted by Gasteiger charge is -2.11.